The second kappa shape index (κ2) is 6.33. The van der Waals surface area contributed by atoms with Gasteiger partial charge in [0, 0.05) is 0 Å². The summed E-state index contributed by atoms with van der Waals surface area (Å²) in [6.45, 7) is 0. The van der Waals surface area contributed by atoms with E-state index in [1.165, 1.54) is 60.1 Å². The molecule has 0 spiro atoms. The number of unbranched alkanes of at least 4 members (excludes halogenated alkanes) is 1. The van der Waals surface area contributed by atoms with Crippen LogP contribution in [0.4, 0.5) is 0 Å². The molecule has 3 aromatic rings. The second-order valence-electron chi connectivity index (χ2n) is 8.08. The molecule has 1 fully saturated rings. The molecular formula is C25H26. The molecule has 0 aliphatic heterocycles. The van der Waals surface area contributed by atoms with E-state index in [9.17, 15) is 0 Å². The van der Waals surface area contributed by atoms with Crippen molar-refractivity contribution in [3.05, 3.63) is 72.3 Å². The van der Waals surface area contributed by atoms with Gasteiger partial charge >= 0.3 is 0 Å². The van der Waals surface area contributed by atoms with E-state index in [4.69, 9.17) is 0 Å². The molecule has 2 aliphatic rings. The molecule has 3 atom stereocenters. The molecule has 126 valence electrons. The number of fused-ring (bicyclic) bond motifs is 4. The summed E-state index contributed by atoms with van der Waals surface area (Å²) in [4.78, 5) is 0. The van der Waals surface area contributed by atoms with Crippen LogP contribution in [0.5, 0.6) is 0 Å². The van der Waals surface area contributed by atoms with E-state index in [1.807, 2.05) is 0 Å². The fourth-order valence-electron chi connectivity index (χ4n) is 5.31. The van der Waals surface area contributed by atoms with Crippen LogP contribution >= 0.6 is 0 Å². The molecule has 0 aromatic heterocycles. The molecule has 1 saturated carbocycles. The Bertz CT molecular complexity index is 879. The summed E-state index contributed by atoms with van der Waals surface area (Å²) < 4.78 is 0. The van der Waals surface area contributed by atoms with Crippen LogP contribution in [0.1, 0.15) is 37.7 Å². The zero-order valence-corrected chi connectivity index (χ0v) is 14.8. The lowest BCUT2D eigenvalue weighted by Gasteiger charge is -2.18. The number of allylic oxidation sites excluding steroid dienone is 2. The predicted octanol–water partition coefficient (Wildman–Crippen LogP) is 6.92. The lowest BCUT2D eigenvalue weighted by Crippen LogP contribution is -2.06. The van der Waals surface area contributed by atoms with Gasteiger partial charge in [-0.1, -0.05) is 67.1 Å². The van der Waals surface area contributed by atoms with E-state index in [0.717, 1.165) is 17.8 Å². The number of hydrogen-bond donors (Lipinski definition) is 0. The molecule has 2 bridgehead atoms. The van der Waals surface area contributed by atoms with Crippen LogP contribution in [0.25, 0.3) is 21.5 Å². The predicted molar refractivity (Wildman–Crippen MR) is 108 cm³/mol. The van der Waals surface area contributed by atoms with Gasteiger partial charge in [-0.05, 0) is 83.0 Å². The first-order valence-electron chi connectivity index (χ1n) is 9.96. The largest absolute Gasteiger partial charge is 0.0851 e. The highest BCUT2D eigenvalue weighted by Gasteiger charge is 2.34. The Morgan fingerprint density at radius 1 is 0.760 bits per heavy atom. The van der Waals surface area contributed by atoms with E-state index < -0.39 is 0 Å². The van der Waals surface area contributed by atoms with Crippen molar-refractivity contribution in [3.8, 4) is 0 Å². The minimum atomic E-state index is 0.906. The van der Waals surface area contributed by atoms with Crippen LogP contribution in [0.2, 0.25) is 0 Å². The SMILES string of the molecule is C1=CC2CC1CC2CCCCc1c2ccccc2cc2ccccc12. The summed E-state index contributed by atoms with van der Waals surface area (Å²) in [5, 5.41) is 5.66. The molecule has 3 unspecified atom stereocenters. The van der Waals surface area contributed by atoms with Gasteiger partial charge in [0.1, 0.15) is 0 Å². The van der Waals surface area contributed by atoms with Crippen molar-refractivity contribution in [3.63, 3.8) is 0 Å². The first kappa shape index (κ1) is 15.2. The highest BCUT2D eigenvalue weighted by atomic mass is 14.4. The van der Waals surface area contributed by atoms with Crippen LogP contribution in [-0.2, 0) is 6.42 Å². The van der Waals surface area contributed by atoms with Gasteiger partial charge in [-0.3, -0.25) is 0 Å². The summed E-state index contributed by atoms with van der Waals surface area (Å²) in [5.74, 6) is 2.79. The Labute approximate surface area is 150 Å². The quantitative estimate of drug-likeness (QED) is 0.271. The Hall–Kier alpha value is -2.08. The molecule has 0 heterocycles. The minimum absolute atomic E-state index is 0.906. The van der Waals surface area contributed by atoms with Crippen molar-refractivity contribution in [2.75, 3.05) is 0 Å². The van der Waals surface area contributed by atoms with Crippen molar-refractivity contribution in [2.45, 2.75) is 38.5 Å². The lowest BCUT2D eigenvalue weighted by molar-refractivity contribution is 0.399. The van der Waals surface area contributed by atoms with Crippen molar-refractivity contribution in [2.24, 2.45) is 17.8 Å². The molecule has 0 radical (unpaired) electrons. The van der Waals surface area contributed by atoms with Crippen LogP contribution < -0.4 is 0 Å². The fourth-order valence-corrected chi connectivity index (χ4v) is 5.31. The van der Waals surface area contributed by atoms with Gasteiger partial charge in [0.2, 0.25) is 0 Å². The van der Waals surface area contributed by atoms with E-state index in [1.54, 1.807) is 5.56 Å². The molecular weight excluding hydrogens is 300 g/mol. The van der Waals surface area contributed by atoms with Crippen molar-refractivity contribution < 1.29 is 0 Å². The minimum Gasteiger partial charge on any atom is -0.0851 e. The average molecular weight is 326 g/mol. The topological polar surface area (TPSA) is 0 Å². The van der Waals surface area contributed by atoms with Crippen molar-refractivity contribution in [1.82, 2.24) is 0 Å². The van der Waals surface area contributed by atoms with Gasteiger partial charge < -0.3 is 0 Å². The molecule has 2 aliphatic carbocycles. The maximum Gasteiger partial charge on any atom is -0.0146 e. The summed E-state index contributed by atoms with van der Waals surface area (Å²) in [7, 11) is 0. The molecule has 0 amide bonds. The maximum atomic E-state index is 2.50. The summed E-state index contributed by atoms with van der Waals surface area (Å²) in [5.41, 5.74) is 1.56. The van der Waals surface area contributed by atoms with E-state index in [0.29, 0.717) is 0 Å². The maximum absolute atomic E-state index is 2.50. The van der Waals surface area contributed by atoms with Gasteiger partial charge in [0.05, 0.1) is 0 Å². The zero-order valence-electron chi connectivity index (χ0n) is 14.8. The molecule has 5 rings (SSSR count). The van der Waals surface area contributed by atoms with Gasteiger partial charge in [-0.15, -0.1) is 0 Å². The summed E-state index contributed by atoms with van der Waals surface area (Å²) in [6.07, 6.45) is 13.2. The third kappa shape index (κ3) is 2.78. The highest BCUT2D eigenvalue weighted by Crippen LogP contribution is 2.45. The van der Waals surface area contributed by atoms with Gasteiger partial charge in [-0.2, -0.15) is 0 Å². The normalized spacial score (nSPS) is 24.6. The lowest BCUT2D eigenvalue weighted by atomic mass is 9.87. The number of hydrogen-bond acceptors (Lipinski definition) is 0. The van der Waals surface area contributed by atoms with Gasteiger partial charge in [-0.25, -0.2) is 0 Å². The third-order valence-electron chi connectivity index (χ3n) is 6.55. The van der Waals surface area contributed by atoms with Crippen molar-refractivity contribution in [1.29, 1.82) is 0 Å². The average Bonchev–Trinajstić information content (AvgIpc) is 3.27. The molecule has 25 heavy (non-hydrogen) atoms. The van der Waals surface area contributed by atoms with E-state index in [2.05, 4.69) is 66.7 Å². The van der Waals surface area contributed by atoms with Crippen LogP contribution in [0.3, 0.4) is 0 Å². The summed E-state index contributed by atoms with van der Waals surface area (Å²) >= 11 is 0. The first-order chi connectivity index (χ1) is 12.4. The van der Waals surface area contributed by atoms with E-state index in [-0.39, 0.29) is 0 Å². The van der Waals surface area contributed by atoms with Gasteiger partial charge in [0.25, 0.3) is 0 Å². The van der Waals surface area contributed by atoms with Gasteiger partial charge in [0.15, 0.2) is 0 Å². The number of rotatable bonds is 5. The molecule has 0 heteroatoms. The second-order valence-corrected chi connectivity index (χ2v) is 8.08. The molecule has 0 saturated heterocycles. The number of aryl methyl sites for hydroxylation is 1. The molecule has 3 aromatic carbocycles. The Balaban J connectivity index is 1.35. The summed E-state index contributed by atoms with van der Waals surface area (Å²) in [6, 6.07) is 20.1. The Morgan fingerprint density at radius 3 is 2.12 bits per heavy atom. The number of benzene rings is 3. The van der Waals surface area contributed by atoms with Crippen LogP contribution in [-0.4, -0.2) is 0 Å². The Morgan fingerprint density at radius 2 is 1.48 bits per heavy atom. The fraction of sp³-hybridized carbons (Fsp3) is 0.360. The Kier molecular flexibility index (Phi) is 3.85. The molecule has 0 N–H and O–H groups in total. The van der Waals surface area contributed by atoms with Crippen molar-refractivity contribution >= 4 is 21.5 Å². The van der Waals surface area contributed by atoms with E-state index >= 15 is 0 Å². The first-order valence-corrected chi connectivity index (χ1v) is 9.96. The zero-order chi connectivity index (χ0) is 16.6. The highest BCUT2D eigenvalue weighted by molar-refractivity contribution is 6.02. The third-order valence-corrected chi connectivity index (χ3v) is 6.55. The molecule has 0 nitrogen and oxygen atoms in total. The van der Waals surface area contributed by atoms with Crippen LogP contribution in [0.15, 0.2) is 66.7 Å². The standard InChI is InChI=1S/C25H26/c1(7-19-15-18-13-14-20(19)16-18)6-12-25-23-10-4-2-8-21(23)17-22-9-3-5-11-24(22)25/h2-5,8-11,13-14,17-20H,1,6-7,12,15-16H2. The van der Waals surface area contributed by atoms with Crippen LogP contribution in [0, 0.1) is 17.8 Å². The smallest absolute Gasteiger partial charge is 0.0146 e. The monoisotopic (exact) mass is 326 g/mol.